The van der Waals surface area contributed by atoms with E-state index in [1.54, 1.807) is 7.11 Å². The van der Waals surface area contributed by atoms with Crippen LogP contribution in [0.25, 0.3) is 0 Å². The molecule has 1 fully saturated rings. The summed E-state index contributed by atoms with van der Waals surface area (Å²) < 4.78 is 10.6. The first-order valence-electron chi connectivity index (χ1n) is 10.9. The van der Waals surface area contributed by atoms with Crippen LogP contribution >= 0.6 is 9.21 Å². The van der Waals surface area contributed by atoms with Crippen LogP contribution < -0.4 is 4.74 Å². The second kappa shape index (κ2) is 13.9. The third kappa shape index (κ3) is 11.0. The highest BCUT2D eigenvalue weighted by Gasteiger charge is 2.17. The molecule has 0 atom stereocenters. The first-order chi connectivity index (χ1) is 13.5. The SMILES string of the molecule is C=C(CC)COCCC.C=S(=C)(C)c1c(C)cc(OC)c(C)c1C.CCC1CC1. The molecule has 0 amide bonds. The van der Waals surface area contributed by atoms with Gasteiger partial charge in [0, 0.05) is 11.5 Å². The Hall–Kier alpha value is -1.19. The first kappa shape index (κ1) is 27.8. The lowest BCUT2D eigenvalue weighted by Crippen LogP contribution is -1.97. The second-order valence-corrected chi connectivity index (χ2v) is 11.2. The summed E-state index contributed by atoms with van der Waals surface area (Å²) in [7, 11) is 0.542. The van der Waals surface area contributed by atoms with Gasteiger partial charge in [-0.05, 0) is 68.5 Å². The van der Waals surface area contributed by atoms with Crippen LogP contribution in [0.3, 0.4) is 0 Å². The first-order valence-corrected chi connectivity index (χ1v) is 13.2. The topological polar surface area (TPSA) is 18.5 Å². The lowest BCUT2D eigenvalue weighted by atomic mass is 10.1. The highest BCUT2D eigenvalue weighted by Crippen LogP contribution is 2.38. The van der Waals surface area contributed by atoms with E-state index in [0.29, 0.717) is 0 Å². The minimum absolute atomic E-state index is 0.740. The van der Waals surface area contributed by atoms with Crippen LogP contribution in [-0.2, 0) is 4.74 Å². The molecule has 0 N–H and O–H groups in total. The van der Waals surface area contributed by atoms with Crippen LogP contribution in [0.1, 0.15) is 69.6 Å². The van der Waals surface area contributed by atoms with Crippen molar-refractivity contribution in [2.24, 2.45) is 5.92 Å². The van der Waals surface area contributed by atoms with E-state index in [4.69, 9.17) is 9.47 Å². The molecule has 0 heterocycles. The predicted molar refractivity (Wildman–Crippen MR) is 137 cm³/mol. The van der Waals surface area contributed by atoms with Crippen LogP contribution in [-0.4, -0.2) is 38.3 Å². The third-order valence-electron chi connectivity index (χ3n) is 5.12. The van der Waals surface area contributed by atoms with Gasteiger partial charge < -0.3 is 9.47 Å². The van der Waals surface area contributed by atoms with Gasteiger partial charge in [0.2, 0.25) is 0 Å². The zero-order valence-corrected chi connectivity index (χ0v) is 21.3. The number of hydrogen-bond acceptors (Lipinski definition) is 2. The van der Waals surface area contributed by atoms with Crippen molar-refractivity contribution in [1.29, 1.82) is 0 Å². The summed E-state index contributed by atoms with van der Waals surface area (Å²) >= 11 is 0. The molecule has 1 aliphatic carbocycles. The van der Waals surface area contributed by atoms with Gasteiger partial charge in [0.05, 0.1) is 13.7 Å². The van der Waals surface area contributed by atoms with Crippen molar-refractivity contribution in [3.8, 4) is 5.75 Å². The molecule has 168 valence electrons. The molecule has 2 nitrogen and oxygen atoms in total. The minimum Gasteiger partial charge on any atom is -0.496 e. The van der Waals surface area contributed by atoms with E-state index in [1.165, 1.54) is 46.4 Å². The monoisotopic (exact) mass is 422 g/mol. The maximum atomic E-state index is 5.34. The van der Waals surface area contributed by atoms with E-state index in [-0.39, 0.29) is 0 Å². The molecule has 2 rings (SSSR count). The van der Waals surface area contributed by atoms with Crippen LogP contribution in [0.4, 0.5) is 0 Å². The zero-order valence-electron chi connectivity index (χ0n) is 20.5. The summed E-state index contributed by atoms with van der Waals surface area (Å²) in [5.41, 5.74) is 4.89. The van der Waals surface area contributed by atoms with Gasteiger partial charge in [-0.25, -0.2) is 0 Å². The molecule has 29 heavy (non-hydrogen) atoms. The second-order valence-electron chi connectivity index (χ2n) is 8.26. The van der Waals surface area contributed by atoms with Gasteiger partial charge in [-0.2, -0.15) is 9.21 Å². The van der Waals surface area contributed by atoms with Crippen molar-refractivity contribution >= 4 is 20.9 Å². The highest BCUT2D eigenvalue weighted by atomic mass is 32.2. The van der Waals surface area contributed by atoms with Gasteiger partial charge >= 0.3 is 0 Å². The number of rotatable bonds is 8. The van der Waals surface area contributed by atoms with E-state index in [2.05, 4.69) is 72.2 Å². The van der Waals surface area contributed by atoms with Crippen molar-refractivity contribution in [3.63, 3.8) is 0 Å². The molecule has 0 aromatic heterocycles. The van der Waals surface area contributed by atoms with E-state index in [0.717, 1.165) is 37.7 Å². The van der Waals surface area contributed by atoms with Gasteiger partial charge in [0.15, 0.2) is 0 Å². The summed E-state index contributed by atoms with van der Waals surface area (Å²) in [4.78, 5) is 1.31. The molecule has 1 aromatic rings. The third-order valence-corrected chi connectivity index (χ3v) is 6.73. The van der Waals surface area contributed by atoms with Gasteiger partial charge in [-0.15, -0.1) is 0 Å². The van der Waals surface area contributed by atoms with E-state index in [1.807, 2.05) is 0 Å². The smallest absolute Gasteiger partial charge is 0.122 e. The van der Waals surface area contributed by atoms with E-state index >= 15 is 0 Å². The molecule has 1 saturated carbocycles. The normalized spacial score (nSPS) is 13.0. The number of hydrogen-bond donors (Lipinski definition) is 0. The molecule has 0 saturated heterocycles. The molecule has 1 aliphatic rings. The highest BCUT2D eigenvalue weighted by molar-refractivity contribution is 8.27. The molecular weight excluding hydrogens is 376 g/mol. The van der Waals surface area contributed by atoms with Crippen LogP contribution in [0, 0.1) is 26.7 Å². The summed E-state index contributed by atoms with van der Waals surface area (Å²) in [6.45, 7) is 18.2. The van der Waals surface area contributed by atoms with Crippen molar-refractivity contribution in [1.82, 2.24) is 0 Å². The van der Waals surface area contributed by atoms with Gasteiger partial charge in [-0.3, -0.25) is 0 Å². The van der Waals surface area contributed by atoms with Crippen molar-refractivity contribution < 1.29 is 9.47 Å². The Bertz CT molecular complexity index is 726. The molecule has 0 bridgehead atoms. The number of aryl methyl sites for hydroxylation is 1. The maximum absolute atomic E-state index is 5.34. The quantitative estimate of drug-likeness (QED) is 0.246. The minimum atomic E-state index is -1.17. The summed E-state index contributed by atoms with van der Waals surface area (Å²) in [5, 5.41) is 0. The van der Waals surface area contributed by atoms with Gasteiger partial charge in [0.25, 0.3) is 0 Å². The Labute approximate surface area is 182 Å². The molecule has 0 spiro atoms. The number of ether oxygens (including phenoxy) is 2. The zero-order chi connectivity index (χ0) is 22.6. The Balaban J connectivity index is 0.000000470. The fraction of sp³-hybridized carbons (Fsp3) is 0.615. The van der Waals surface area contributed by atoms with E-state index in [9.17, 15) is 0 Å². The summed E-state index contributed by atoms with van der Waals surface area (Å²) in [5.74, 6) is 10.5. The number of benzene rings is 1. The standard InChI is InChI=1S/C13H20OS.C8H16O.C5H10/c1-9-8-12(14-4)10(2)11(3)13(9)15(5,6)7;1-4-6-9-7-8(3)5-2;1-2-5-3-4-5/h8H,5-6H2,1-4,7H3;3-7H2,1-2H3;5H,2-4H2,1H3. The Morgan fingerprint density at radius 3 is 2.03 bits per heavy atom. The fourth-order valence-electron chi connectivity index (χ4n) is 2.98. The molecular formula is C26H46O2S. The van der Waals surface area contributed by atoms with Gasteiger partial charge in [-0.1, -0.05) is 63.9 Å². The lowest BCUT2D eigenvalue weighted by Gasteiger charge is -2.19. The van der Waals surface area contributed by atoms with Crippen LogP contribution in [0.2, 0.25) is 0 Å². The van der Waals surface area contributed by atoms with Crippen LogP contribution in [0.5, 0.6) is 5.75 Å². The van der Waals surface area contributed by atoms with Crippen molar-refractivity contribution in [3.05, 3.63) is 34.9 Å². The number of methoxy groups -OCH3 is 1. The largest absolute Gasteiger partial charge is 0.496 e. The molecule has 0 aliphatic heterocycles. The Morgan fingerprint density at radius 2 is 1.69 bits per heavy atom. The summed E-state index contributed by atoms with van der Waals surface area (Å²) in [6, 6.07) is 2.08. The van der Waals surface area contributed by atoms with Crippen LogP contribution in [0.15, 0.2) is 23.1 Å². The molecule has 1 aromatic carbocycles. The maximum Gasteiger partial charge on any atom is 0.122 e. The molecule has 0 unspecified atom stereocenters. The Kier molecular flexibility index (Phi) is 13.4. The van der Waals surface area contributed by atoms with E-state index < -0.39 is 9.21 Å². The lowest BCUT2D eigenvalue weighted by molar-refractivity contribution is 0.155. The average molecular weight is 423 g/mol. The average Bonchev–Trinajstić information content (AvgIpc) is 3.49. The molecule has 3 heteroatoms. The molecule has 0 radical (unpaired) electrons. The Morgan fingerprint density at radius 1 is 1.10 bits per heavy atom. The van der Waals surface area contributed by atoms with Crippen molar-refractivity contribution in [2.75, 3.05) is 26.6 Å². The predicted octanol–water partition coefficient (Wildman–Crippen LogP) is 7.46. The van der Waals surface area contributed by atoms with Gasteiger partial charge in [0.1, 0.15) is 5.75 Å². The summed E-state index contributed by atoms with van der Waals surface area (Å²) in [6.07, 6.45) is 8.68. The van der Waals surface area contributed by atoms with Crippen molar-refractivity contribution in [2.45, 2.75) is 78.5 Å². The fourth-order valence-corrected chi connectivity index (χ4v) is 4.71.